The molecule has 0 atom stereocenters. The summed E-state index contributed by atoms with van der Waals surface area (Å²) in [5.74, 6) is 0.752. The van der Waals surface area contributed by atoms with Crippen LogP contribution in [0.25, 0.3) is 0 Å². The predicted molar refractivity (Wildman–Crippen MR) is 87.7 cm³/mol. The van der Waals surface area contributed by atoms with Crippen molar-refractivity contribution in [1.82, 2.24) is 10.2 Å². The second-order valence-electron chi connectivity index (χ2n) is 5.49. The third-order valence-electron chi connectivity index (χ3n) is 3.97. The predicted octanol–water partition coefficient (Wildman–Crippen LogP) is 2.44. The summed E-state index contributed by atoms with van der Waals surface area (Å²) in [5.41, 5.74) is 1.12. The summed E-state index contributed by atoms with van der Waals surface area (Å²) in [5, 5.41) is 3.39. The van der Waals surface area contributed by atoms with Gasteiger partial charge < -0.3 is 15.0 Å². The Labute approximate surface area is 132 Å². The molecule has 122 valence electrons. The van der Waals surface area contributed by atoms with Crippen LogP contribution in [0.4, 0.5) is 4.39 Å². The summed E-state index contributed by atoms with van der Waals surface area (Å²) in [7, 11) is 1.81. The van der Waals surface area contributed by atoms with Crippen molar-refractivity contribution in [3.05, 3.63) is 35.6 Å². The smallest absolute Gasteiger partial charge is 0.193 e. The highest BCUT2D eigenvalue weighted by molar-refractivity contribution is 5.79. The maximum atomic E-state index is 12.9. The van der Waals surface area contributed by atoms with E-state index in [4.69, 9.17) is 4.74 Å². The number of piperidine rings is 1. The van der Waals surface area contributed by atoms with Crippen molar-refractivity contribution in [2.24, 2.45) is 4.99 Å². The molecule has 4 nitrogen and oxygen atoms in total. The molecule has 1 fully saturated rings. The molecule has 0 radical (unpaired) electrons. The molecule has 1 saturated heterocycles. The first-order valence-corrected chi connectivity index (χ1v) is 8.04. The maximum absolute atomic E-state index is 12.9. The van der Waals surface area contributed by atoms with Gasteiger partial charge in [0, 0.05) is 33.3 Å². The van der Waals surface area contributed by atoms with Crippen molar-refractivity contribution < 1.29 is 9.13 Å². The van der Waals surface area contributed by atoms with Crippen LogP contribution in [0, 0.1) is 5.82 Å². The third-order valence-corrected chi connectivity index (χ3v) is 3.97. The third kappa shape index (κ3) is 4.98. The van der Waals surface area contributed by atoms with Crippen LogP contribution in [-0.4, -0.2) is 50.3 Å². The van der Waals surface area contributed by atoms with Gasteiger partial charge in [-0.25, -0.2) is 4.39 Å². The average Bonchev–Trinajstić information content (AvgIpc) is 2.55. The molecule has 5 heteroatoms. The van der Waals surface area contributed by atoms with Gasteiger partial charge in [-0.3, -0.25) is 4.99 Å². The zero-order valence-electron chi connectivity index (χ0n) is 13.5. The number of nitrogens with one attached hydrogen (secondary N) is 1. The van der Waals surface area contributed by atoms with Gasteiger partial charge in [-0.1, -0.05) is 12.1 Å². The van der Waals surface area contributed by atoms with Crippen LogP contribution in [-0.2, 0) is 11.2 Å². The van der Waals surface area contributed by atoms with Gasteiger partial charge in [0.1, 0.15) is 5.82 Å². The average molecular weight is 307 g/mol. The molecular formula is C17H26FN3O. The van der Waals surface area contributed by atoms with Crippen LogP contribution >= 0.6 is 0 Å². The summed E-state index contributed by atoms with van der Waals surface area (Å²) in [6, 6.07) is 6.66. The fraction of sp³-hybridized carbons (Fsp3) is 0.588. The van der Waals surface area contributed by atoms with Crippen LogP contribution in [0.3, 0.4) is 0 Å². The van der Waals surface area contributed by atoms with E-state index < -0.39 is 0 Å². The number of ether oxygens (including phenoxy) is 1. The number of hydrogen-bond acceptors (Lipinski definition) is 2. The number of benzene rings is 1. The Kier molecular flexibility index (Phi) is 6.65. The lowest BCUT2D eigenvalue weighted by molar-refractivity contribution is 0.0264. The van der Waals surface area contributed by atoms with Crippen LogP contribution in [0.15, 0.2) is 29.3 Å². The number of hydrogen-bond donors (Lipinski definition) is 1. The van der Waals surface area contributed by atoms with Crippen molar-refractivity contribution >= 4 is 5.96 Å². The lowest BCUT2D eigenvalue weighted by atomic mass is 10.1. The second-order valence-corrected chi connectivity index (χ2v) is 5.49. The molecule has 0 spiro atoms. The lowest BCUT2D eigenvalue weighted by Crippen LogP contribution is -2.47. The minimum absolute atomic E-state index is 0.190. The topological polar surface area (TPSA) is 36.9 Å². The number of nitrogens with zero attached hydrogens (tertiary/aromatic N) is 2. The van der Waals surface area contributed by atoms with Crippen molar-refractivity contribution in [3.63, 3.8) is 0 Å². The molecule has 0 aromatic heterocycles. The van der Waals surface area contributed by atoms with Crippen LogP contribution in [0.2, 0.25) is 0 Å². The fourth-order valence-corrected chi connectivity index (χ4v) is 2.77. The van der Waals surface area contributed by atoms with E-state index in [2.05, 4.69) is 15.2 Å². The van der Waals surface area contributed by atoms with Gasteiger partial charge in [-0.05, 0) is 43.9 Å². The highest BCUT2D eigenvalue weighted by atomic mass is 19.1. The van der Waals surface area contributed by atoms with E-state index in [0.29, 0.717) is 6.10 Å². The Morgan fingerprint density at radius 2 is 2.00 bits per heavy atom. The van der Waals surface area contributed by atoms with E-state index in [-0.39, 0.29) is 5.82 Å². The Hall–Kier alpha value is -1.62. The zero-order valence-corrected chi connectivity index (χ0v) is 13.5. The van der Waals surface area contributed by atoms with Crippen LogP contribution in [0.1, 0.15) is 25.3 Å². The van der Waals surface area contributed by atoms with Gasteiger partial charge in [0.15, 0.2) is 5.96 Å². The molecule has 1 aliphatic rings. The van der Waals surface area contributed by atoms with Gasteiger partial charge in [0.2, 0.25) is 0 Å². The molecule has 22 heavy (non-hydrogen) atoms. The number of guanidine groups is 1. The molecule has 2 rings (SSSR count). The highest BCUT2D eigenvalue weighted by Gasteiger charge is 2.21. The lowest BCUT2D eigenvalue weighted by Gasteiger charge is -2.34. The molecular weight excluding hydrogens is 281 g/mol. The molecule has 0 saturated carbocycles. The van der Waals surface area contributed by atoms with E-state index >= 15 is 0 Å². The zero-order chi connectivity index (χ0) is 15.8. The van der Waals surface area contributed by atoms with Crippen molar-refractivity contribution in [2.75, 3.05) is 33.3 Å². The Bertz CT molecular complexity index is 467. The standard InChI is InChI=1S/C17H26FN3O/c1-3-22-16-9-12-21(13-10-16)17(19-2)20-11-8-14-4-6-15(18)7-5-14/h4-7,16H,3,8-13H2,1-2H3,(H,19,20). The molecule has 0 amide bonds. The highest BCUT2D eigenvalue weighted by Crippen LogP contribution is 2.13. The van der Waals surface area contributed by atoms with Crippen molar-refractivity contribution in [1.29, 1.82) is 0 Å². The molecule has 1 heterocycles. The first kappa shape index (κ1) is 16.7. The van der Waals surface area contributed by atoms with E-state index in [0.717, 1.165) is 57.0 Å². The largest absolute Gasteiger partial charge is 0.378 e. The Balaban J connectivity index is 1.75. The maximum Gasteiger partial charge on any atom is 0.193 e. The number of aliphatic imine (C=N–C) groups is 1. The van der Waals surface area contributed by atoms with Crippen molar-refractivity contribution in [2.45, 2.75) is 32.3 Å². The first-order chi connectivity index (χ1) is 10.7. The van der Waals surface area contributed by atoms with E-state index in [1.807, 2.05) is 26.1 Å². The summed E-state index contributed by atoms with van der Waals surface area (Å²) in [6.45, 7) is 5.57. The quantitative estimate of drug-likeness (QED) is 0.670. The molecule has 1 aromatic rings. The number of halogens is 1. The number of likely N-dealkylation sites (tertiary alicyclic amines) is 1. The van der Waals surface area contributed by atoms with Gasteiger partial charge in [-0.2, -0.15) is 0 Å². The molecule has 0 bridgehead atoms. The summed E-state index contributed by atoms with van der Waals surface area (Å²) < 4.78 is 18.5. The van der Waals surface area contributed by atoms with E-state index in [9.17, 15) is 4.39 Å². The van der Waals surface area contributed by atoms with Crippen LogP contribution < -0.4 is 5.32 Å². The van der Waals surface area contributed by atoms with Gasteiger partial charge in [0.05, 0.1) is 6.10 Å². The number of rotatable bonds is 5. The van der Waals surface area contributed by atoms with Gasteiger partial charge in [-0.15, -0.1) is 0 Å². The van der Waals surface area contributed by atoms with Crippen LogP contribution in [0.5, 0.6) is 0 Å². The van der Waals surface area contributed by atoms with E-state index in [1.165, 1.54) is 12.1 Å². The van der Waals surface area contributed by atoms with Crippen molar-refractivity contribution in [3.8, 4) is 0 Å². The minimum atomic E-state index is -0.190. The Morgan fingerprint density at radius 3 is 2.59 bits per heavy atom. The molecule has 1 aliphatic heterocycles. The minimum Gasteiger partial charge on any atom is -0.378 e. The van der Waals surface area contributed by atoms with E-state index in [1.54, 1.807) is 0 Å². The first-order valence-electron chi connectivity index (χ1n) is 8.04. The van der Waals surface area contributed by atoms with Gasteiger partial charge >= 0.3 is 0 Å². The molecule has 1 N–H and O–H groups in total. The molecule has 0 unspecified atom stereocenters. The monoisotopic (exact) mass is 307 g/mol. The summed E-state index contributed by atoms with van der Waals surface area (Å²) in [4.78, 5) is 6.64. The van der Waals surface area contributed by atoms with Gasteiger partial charge in [0.25, 0.3) is 0 Å². The SMILES string of the molecule is CCOC1CCN(C(=NC)NCCc2ccc(F)cc2)CC1. The summed E-state index contributed by atoms with van der Waals surface area (Å²) in [6.07, 6.45) is 3.34. The summed E-state index contributed by atoms with van der Waals surface area (Å²) >= 11 is 0. The second kappa shape index (κ2) is 8.73. The molecule has 0 aliphatic carbocycles. The Morgan fingerprint density at radius 1 is 1.32 bits per heavy atom. The normalized spacial score (nSPS) is 16.9. The fourth-order valence-electron chi connectivity index (χ4n) is 2.77. The molecule has 1 aromatic carbocycles.